The number of nitrogens with one attached hydrogen (secondary N) is 2. The number of thioether (sulfide) groups is 1. The van der Waals surface area contributed by atoms with E-state index in [0.717, 1.165) is 18.5 Å². The molecule has 0 bridgehead atoms. The fourth-order valence-electron chi connectivity index (χ4n) is 2.42. The van der Waals surface area contributed by atoms with Crippen LogP contribution in [0.4, 0.5) is 10.5 Å². The largest absolute Gasteiger partial charge is 0.394 e. The highest BCUT2D eigenvalue weighted by Gasteiger charge is 2.42. The lowest BCUT2D eigenvalue weighted by Gasteiger charge is -2.28. The van der Waals surface area contributed by atoms with Gasteiger partial charge in [-0.2, -0.15) is 11.8 Å². The smallest absolute Gasteiger partial charge is 0.319 e. The van der Waals surface area contributed by atoms with E-state index in [9.17, 15) is 9.90 Å². The second kappa shape index (κ2) is 6.71. The molecule has 0 saturated heterocycles. The van der Waals surface area contributed by atoms with Crippen LogP contribution in [0.15, 0.2) is 24.3 Å². The Labute approximate surface area is 130 Å². The Kier molecular flexibility index (Phi) is 5.17. The molecule has 4 nitrogen and oxygen atoms in total. The molecule has 1 saturated carbocycles. The highest BCUT2D eigenvalue weighted by atomic mass is 32.2. The molecule has 1 aromatic rings. The first kappa shape index (κ1) is 16.2. The highest BCUT2D eigenvalue weighted by Crippen LogP contribution is 2.39. The van der Waals surface area contributed by atoms with Gasteiger partial charge in [-0.1, -0.05) is 12.1 Å². The van der Waals surface area contributed by atoms with Crippen molar-refractivity contribution in [1.82, 2.24) is 5.32 Å². The lowest BCUT2D eigenvalue weighted by molar-refractivity contribution is 0.159. The molecule has 0 heterocycles. The van der Waals surface area contributed by atoms with Gasteiger partial charge in [-0.05, 0) is 56.6 Å². The Morgan fingerprint density at radius 2 is 2.24 bits per heavy atom. The molecule has 0 aliphatic heterocycles. The summed E-state index contributed by atoms with van der Waals surface area (Å²) in [6.45, 7) is 4.00. The van der Waals surface area contributed by atoms with Crippen LogP contribution < -0.4 is 10.6 Å². The molecule has 0 aromatic heterocycles. The van der Waals surface area contributed by atoms with Crippen LogP contribution in [0.25, 0.3) is 0 Å². The molecule has 21 heavy (non-hydrogen) atoms. The van der Waals surface area contributed by atoms with Crippen molar-refractivity contribution in [2.75, 3.05) is 18.2 Å². The molecule has 0 unspecified atom stereocenters. The molecule has 3 N–H and O–H groups in total. The van der Waals surface area contributed by atoms with Crippen molar-refractivity contribution in [2.24, 2.45) is 5.92 Å². The van der Waals surface area contributed by atoms with Gasteiger partial charge in [0.2, 0.25) is 0 Å². The first-order chi connectivity index (χ1) is 9.98. The molecule has 1 aliphatic carbocycles. The van der Waals surface area contributed by atoms with E-state index in [2.05, 4.69) is 29.9 Å². The van der Waals surface area contributed by atoms with E-state index in [1.807, 2.05) is 25.1 Å². The molecule has 2 amide bonds. The molecule has 1 aromatic carbocycles. The molecular formula is C16H24N2O2S. The van der Waals surface area contributed by atoms with E-state index in [4.69, 9.17) is 0 Å². The molecular weight excluding hydrogens is 284 g/mol. The number of carbonyl (C=O) groups is 1. The Morgan fingerprint density at radius 1 is 1.52 bits per heavy atom. The average molecular weight is 308 g/mol. The fraction of sp³-hybridized carbons (Fsp3) is 0.562. The summed E-state index contributed by atoms with van der Waals surface area (Å²) in [5.74, 6) is 0.385. The number of rotatable bonds is 6. The summed E-state index contributed by atoms with van der Waals surface area (Å²) in [5, 5.41) is 15.7. The van der Waals surface area contributed by atoms with E-state index >= 15 is 0 Å². The third-order valence-corrected chi connectivity index (χ3v) is 5.15. The third-order valence-electron chi connectivity index (χ3n) is 4.17. The zero-order chi connectivity index (χ0) is 15.5. The van der Waals surface area contributed by atoms with Crippen LogP contribution in [0, 0.1) is 5.92 Å². The number of amides is 2. The van der Waals surface area contributed by atoms with Crippen molar-refractivity contribution in [2.45, 2.75) is 37.5 Å². The van der Waals surface area contributed by atoms with E-state index in [1.54, 1.807) is 11.8 Å². The standard InChI is InChI=1S/C16H24N2O2S/c1-11(21-3)12-5-4-6-14(9-12)17-15(20)18-16(2,10-19)13-7-8-13/h4-6,9,11,13,19H,7-8,10H2,1-3H3,(H2,17,18,20)/t11-,16-/m1/s1. The molecule has 1 fully saturated rings. The van der Waals surface area contributed by atoms with Gasteiger partial charge in [-0.25, -0.2) is 4.79 Å². The quantitative estimate of drug-likeness (QED) is 0.755. The number of aliphatic hydroxyl groups is 1. The molecule has 116 valence electrons. The summed E-state index contributed by atoms with van der Waals surface area (Å²) in [4.78, 5) is 12.1. The average Bonchev–Trinajstić information content (AvgIpc) is 3.31. The van der Waals surface area contributed by atoms with E-state index in [1.165, 1.54) is 5.56 Å². The van der Waals surface area contributed by atoms with Crippen molar-refractivity contribution in [3.63, 3.8) is 0 Å². The van der Waals surface area contributed by atoms with Gasteiger partial charge < -0.3 is 15.7 Å². The van der Waals surface area contributed by atoms with Gasteiger partial charge in [-0.3, -0.25) is 0 Å². The maximum absolute atomic E-state index is 12.1. The lowest BCUT2D eigenvalue weighted by atomic mass is 9.97. The second-order valence-corrected chi connectivity index (χ2v) is 7.11. The topological polar surface area (TPSA) is 61.4 Å². The molecule has 0 spiro atoms. The van der Waals surface area contributed by atoms with Gasteiger partial charge in [0.15, 0.2) is 0 Å². The molecule has 5 heteroatoms. The zero-order valence-corrected chi connectivity index (χ0v) is 13.7. The second-order valence-electron chi connectivity index (χ2n) is 5.93. The summed E-state index contributed by atoms with van der Waals surface area (Å²) >= 11 is 1.77. The Balaban J connectivity index is 1.99. The molecule has 1 aliphatic rings. The van der Waals surface area contributed by atoms with Gasteiger partial charge in [0.05, 0.1) is 12.1 Å². The van der Waals surface area contributed by atoms with Crippen molar-refractivity contribution < 1.29 is 9.90 Å². The van der Waals surface area contributed by atoms with Crippen molar-refractivity contribution in [3.05, 3.63) is 29.8 Å². The van der Waals surface area contributed by atoms with Crippen molar-refractivity contribution in [3.8, 4) is 0 Å². The first-order valence-corrected chi connectivity index (χ1v) is 8.60. The van der Waals surface area contributed by atoms with Gasteiger partial charge in [0, 0.05) is 10.9 Å². The van der Waals surface area contributed by atoms with Gasteiger partial charge in [0.1, 0.15) is 0 Å². The number of urea groups is 1. The minimum absolute atomic E-state index is 0.0331. The van der Waals surface area contributed by atoms with Crippen molar-refractivity contribution >= 4 is 23.5 Å². The van der Waals surface area contributed by atoms with E-state index in [-0.39, 0.29) is 12.6 Å². The van der Waals surface area contributed by atoms with Gasteiger partial charge in [-0.15, -0.1) is 0 Å². The van der Waals surface area contributed by atoms with Gasteiger partial charge >= 0.3 is 6.03 Å². The van der Waals surface area contributed by atoms with Crippen LogP contribution in [-0.4, -0.2) is 29.5 Å². The summed E-state index contributed by atoms with van der Waals surface area (Å²) in [6, 6.07) is 7.63. The maximum Gasteiger partial charge on any atom is 0.319 e. The Morgan fingerprint density at radius 3 is 2.81 bits per heavy atom. The fourth-order valence-corrected chi connectivity index (χ4v) is 2.84. The van der Waals surface area contributed by atoms with Crippen LogP contribution in [0.2, 0.25) is 0 Å². The number of benzene rings is 1. The Hall–Kier alpha value is -1.20. The minimum atomic E-state index is -0.520. The molecule has 2 rings (SSSR count). The predicted molar refractivity (Wildman–Crippen MR) is 88.7 cm³/mol. The van der Waals surface area contributed by atoms with E-state index in [0.29, 0.717) is 11.2 Å². The molecule has 0 radical (unpaired) electrons. The number of anilines is 1. The third kappa shape index (κ3) is 4.14. The SMILES string of the molecule is CS[C@H](C)c1cccc(NC(=O)N[C@](C)(CO)C2CC2)c1. The number of carbonyl (C=O) groups excluding carboxylic acids is 1. The number of aliphatic hydroxyl groups excluding tert-OH is 1. The summed E-state index contributed by atoms with van der Waals surface area (Å²) < 4.78 is 0. The summed E-state index contributed by atoms with van der Waals surface area (Å²) in [5.41, 5.74) is 1.45. The zero-order valence-electron chi connectivity index (χ0n) is 12.8. The maximum atomic E-state index is 12.1. The van der Waals surface area contributed by atoms with Crippen LogP contribution in [0.3, 0.4) is 0 Å². The van der Waals surface area contributed by atoms with Crippen LogP contribution in [-0.2, 0) is 0 Å². The van der Waals surface area contributed by atoms with Crippen LogP contribution >= 0.6 is 11.8 Å². The monoisotopic (exact) mass is 308 g/mol. The highest BCUT2D eigenvalue weighted by molar-refractivity contribution is 7.98. The summed E-state index contributed by atoms with van der Waals surface area (Å²) in [7, 11) is 0. The predicted octanol–water partition coefficient (Wildman–Crippen LogP) is 3.39. The van der Waals surface area contributed by atoms with E-state index < -0.39 is 5.54 Å². The van der Waals surface area contributed by atoms with Crippen LogP contribution in [0.1, 0.15) is 37.5 Å². The summed E-state index contributed by atoms with van der Waals surface area (Å²) in [6.07, 6.45) is 4.20. The Bertz CT molecular complexity index is 505. The number of hydrogen-bond acceptors (Lipinski definition) is 3. The molecule has 2 atom stereocenters. The lowest BCUT2D eigenvalue weighted by Crippen LogP contribution is -2.52. The van der Waals surface area contributed by atoms with Crippen molar-refractivity contribution in [1.29, 1.82) is 0 Å². The minimum Gasteiger partial charge on any atom is -0.394 e. The van der Waals surface area contributed by atoms with Gasteiger partial charge in [0.25, 0.3) is 0 Å². The van der Waals surface area contributed by atoms with Crippen LogP contribution in [0.5, 0.6) is 0 Å². The number of hydrogen-bond donors (Lipinski definition) is 3. The first-order valence-electron chi connectivity index (χ1n) is 7.31. The normalized spacial score (nSPS) is 18.7.